The van der Waals surface area contributed by atoms with Gasteiger partial charge in [0.25, 0.3) is 0 Å². The first-order valence-electron chi connectivity index (χ1n) is 10.4. The van der Waals surface area contributed by atoms with Crippen molar-refractivity contribution in [1.29, 1.82) is 0 Å². The van der Waals surface area contributed by atoms with E-state index in [1.807, 2.05) is 59.2 Å². The van der Waals surface area contributed by atoms with Gasteiger partial charge in [-0.15, -0.1) is 0 Å². The van der Waals surface area contributed by atoms with E-state index in [0.29, 0.717) is 39.3 Å². The predicted octanol–water partition coefficient (Wildman–Crippen LogP) is 5.34. The lowest BCUT2D eigenvalue weighted by atomic mass is 10.0. The van der Waals surface area contributed by atoms with E-state index in [9.17, 15) is 14.0 Å². The molecular weight excluding hydrogens is 403 g/mol. The van der Waals surface area contributed by atoms with Crippen LogP contribution in [0.3, 0.4) is 0 Å². The SMILES string of the molecule is O=c1c2ccccc2n(Cc2ccccc2)c2cc3c(=O)c4c(F)cccc4[nH]c3cc12. The highest BCUT2D eigenvalue weighted by molar-refractivity contribution is 6.03. The molecular formula is C27H17FN2O2. The zero-order chi connectivity index (χ0) is 21.8. The van der Waals surface area contributed by atoms with Crippen molar-refractivity contribution in [2.45, 2.75) is 6.54 Å². The summed E-state index contributed by atoms with van der Waals surface area (Å²) in [6.07, 6.45) is 0. The van der Waals surface area contributed by atoms with Crippen molar-refractivity contribution in [2.24, 2.45) is 0 Å². The second-order valence-electron chi connectivity index (χ2n) is 7.95. The zero-order valence-electron chi connectivity index (χ0n) is 16.9. The van der Waals surface area contributed by atoms with Crippen LogP contribution < -0.4 is 10.9 Å². The summed E-state index contributed by atoms with van der Waals surface area (Å²) < 4.78 is 16.5. The smallest absolute Gasteiger partial charge is 0.200 e. The zero-order valence-corrected chi connectivity index (χ0v) is 16.9. The van der Waals surface area contributed by atoms with Gasteiger partial charge in [-0.2, -0.15) is 0 Å². The maximum atomic E-state index is 14.5. The monoisotopic (exact) mass is 420 g/mol. The van der Waals surface area contributed by atoms with Crippen molar-refractivity contribution >= 4 is 43.6 Å². The first-order chi connectivity index (χ1) is 15.6. The molecule has 0 fully saturated rings. The van der Waals surface area contributed by atoms with Gasteiger partial charge in [0, 0.05) is 22.7 Å². The summed E-state index contributed by atoms with van der Waals surface area (Å²) in [7, 11) is 0. The number of nitrogens with zero attached hydrogens (tertiary/aromatic N) is 1. The molecule has 2 heterocycles. The minimum Gasteiger partial charge on any atom is -0.354 e. The van der Waals surface area contributed by atoms with Gasteiger partial charge in [-0.3, -0.25) is 9.59 Å². The third-order valence-corrected chi connectivity index (χ3v) is 6.05. The summed E-state index contributed by atoms with van der Waals surface area (Å²) >= 11 is 0. The molecule has 4 nitrogen and oxygen atoms in total. The maximum absolute atomic E-state index is 14.5. The van der Waals surface area contributed by atoms with Gasteiger partial charge in [-0.25, -0.2) is 4.39 Å². The minimum absolute atomic E-state index is 0.0251. The van der Waals surface area contributed by atoms with E-state index in [1.165, 1.54) is 6.07 Å². The number of H-pyrrole nitrogens is 1. The Labute approximate surface area is 181 Å². The molecule has 0 saturated heterocycles. The Balaban J connectivity index is 1.80. The third kappa shape index (κ3) is 2.68. The molecule has 1 N–H and O–H groups in total. The Morgan fingerprint density at radius 1 is 0.688 bits per heavy atom. The van der Waals surface area contributed by atoms with Crippen LogP contribution in [0.2, 0.25) is 0 Å². The molecule has 0 aliphatic rings. The number of benzene rings is 4. The summed E-state index contributed by atoms with van der Waals surface area (Å²) in [6.45, 7) is 0.531. The number of hydrogen-bond donors (Lipinski definition) is 1. The average molecular weight is 420 g/mol. The molecule has 0 bridgehead atoms. The number of aromatic nitrogens is 2. The van der Waals surface area contributed by atoms with Crippen LogP contribution in [0.15, 0.2) is 94.5 Å². The largest absolute Gasteiger partial charge is 0.354 e. The normalized spacial score (nSPS) is 11.7. The molecule has 0 aliphatic heterocycles. The standard InChI is InChI=1S/C27H17FN2O2/c28-20-10-6-11-21-25(20)27(32)18-14-24-19(13-22(18)29-21)26(31)17-9-4-5-12-23(17)30(24)15-16-7-2-1-3-8-16/h1-14H,15H2,(H,29,32). The molecule has 6 rings (SSSR count). The molecule has 6 aromatic rings. The van der Waals surface area contributed by atoms with E-state index in [2.05, 4.69) is 4.98 Å². The minimum atomic E-state index is -0.564. The molecule has 154 valence electrons. The van der Waals surface area contributed by atoms with Crippen LogP contribution in [0.1, 0.15) is 5.56 Å². The number of rotatable bonds is 2. The Bertz CT molecular complexity index is 1800. The van der Waals surface area contributed by atoms with E-state index in [4.69, 9.17) is 0 Å². The number of aromatic amines is 1. The molecule has 0 saturated carbocycles. The van der Waals surface area contributed by atoms with Crippen molar-refractivity contribution in [3.8, 4) is 0 Å². The van der Waals surface area contributed by atoms with Crippen LogP contribution in [-0.4, -0.2) is 9.55 Å². The van der Waals surface area contributed by atoms with Gasteiger partial charge >= 0.3 is 0 Å². The van der Waals surface area contributed by atoms with Crippen molar-refractivity contribution in [3.63, 3.8) is 0 Å². The van der Waals surface area contributed by atoms with Gasteiger partial charge in [0.05, 0.1) is 27.5 Å². The van der Waals surface area contributed by atoms with Gasteiger partial charge in [0.15, 0.2) is 10.9 Å². The fraction of sp³-hybridized carbons (Fsp3) is 0.0370. The number of halogens is 1. The molecule has 32 heavy (non-hydrogen) atoms. The van der Waals surface area contributed by atoms with E-state index < -0.39 is 5.82 Å². The number of pyridine rings is 2. The molecule has 5 heteroatoms. The van der Waals surface area contributed by atoms with E-state index >= 15 is 0 Å². The summed E-state index contributed by atoms with van der Waals surface area (Å²) in [5.74, 6) is -0.564. The Morgan fingerprint density at radius 2 is 1.47 bits per heavy atom. The summed E-state index contributed by atoms with van der Waals surface area (Å²) in [6, 6.07) is 25.3. The summed E-state index contributed by atoms with van der Waals surface area (Å²) in [4.78, 5) is 29.7. The fourth-order valence-corrected chi connectivity index (χ4v) is 4.54. The number of nitrogens with one attached hydrogen (secondary N) is 1. The Morgan fingerprint density at radius 3 is 2.31 bits per heavy atom. The van der Waals surface area contributed by atoms with E-state index in [0.717, 1.165) is 11.1 Å². The summed E-state index contributed by atoms with van der Waals surface area (Å²) in [5.41, 5.74) is 2.94. The first kappa shape index (κ1) is 18.5. The highest BCUT2D eigenvalue weighted by Gasteiger charge is 2.15. The van der Waals surface area contributed by atoms with Crippen LogP contribution in [0.5, 0.6) is 0 Å². The number of hydrogen-bond acceptors (Lipinski definition) is 2. The van der Waals surface area contributed by atoms with Crippen molar-refractivity contribution < 1.29 is 4.39 Å². The highest BCUT2D eigenvalue weighted by atomic mass is 19.1. The van der Waals surface area contributed by atoms with Gasteiger partial charge in [0.2, 0.25) is 0 Å². The molecule has 0 atom stereocenters. The lowest BCUT2D eigenvalue weighted by Crippen LogP contribution is -2.14. The van der Waals surface area contributed by atoms with Gasteiger partial charge in [-0.1, -0.05) is 48.5 Å². The van der Waals surface area contributed by atoms with Crippen LogP contribution in [0.4, 0.5) is 4.39 Å². The molecule has 0 spiro atoms. The van der Waals surface area contributed by atoms with Crippen LogP contribution in [0, 0.1) is 5.82 Å². The van der Waals surface area contributed by atoms with E-state index in [-0.39, 0.29) is 16.2 Å². The quantitative estimate of drug-likeness (QED) is 0.385. The second kappa shape index (κ2) is 6.89. The fourth-order valence-electron chi connectivity index (χ4n) is 4.54. The summed E-state index contributed by atoms with van der Waals surface area (Å²) in [5, 5.41) is 1.51. The molecule has 0 amide bonds. The van der Waals surface area contributed by atoms with Crippen LogP contribution >= 0.6 is 0 Å². The molecule has 4 aromatic carbocycles. The number of para-hydroxylation sites is 1. The van der Waals surface area contributed by atoms with Gasteiger partial charge in [-0.05, 0) is 42.0 Å². The van der Waals surface area contributed by atoms with Crippen LogP contribution in [-0.2, 0) is 6.54 Å². The van der Waals surface area contributed by atoms with Crippen molar-refractivity contribution in [1.82, 2.24) is 9.55 Å². The molecule has 0 unspecified atom stereocenters. The Kier molecular flexibility index (Phi) is 3.98. The molecule has 0 aliphatic carbocycles. The highest BCUT2D eigenvalue weighted by Crippen LogP contribution is 2.25. The van der Waals surface area contributed by atoms with Crippen molar-refractivity contribution in [2.75, 3.05) is 0 Å². The van der Waals surface area contributed by atoms with E-state index in [1.54, 1.807) is 24.3 Å². The van der Waals surface area contributed by atoms with Gasteiger partial charge < -0.3 is 9.55 Å². The lowest BCUT2D eigenvalue weighted by Gasteiger charge is -2.16. The van der Waals surface area contributed by atoms with Gasteiger partial charge in [0.1, 0.15) is 5.82 Å². The van der Waals surface area contributed by atoms with Crippen molar-refractivity contribution in [3.05, 3.63) is 117 Å². The topological polar surface area (TPSA) is 54.9 Å². The first-order valence-corrected chi connectivity index (χ1v) is 10.4. The second-order valence-corrected chi connectivity index (χ2v) is 7.95. The number of fused-ring (bicyclic) bond motifs is 4. The molecule has 2 aromatic heterocycles. The lowest BCUT2D eigenvalue weighted by molar-refractivity contribution is 0.639. The Hall–Kier alpha value is -4.25. The predicted molar refractivity (Wildman–Crippen MR) is 127 cm³/mol. The molecule has 0 radical (unpaired) electrons. The van der Waals surface area contributed by atoms with Crippen LogP contribution in [0.25, 0.3) is 43.6 Å². The maximum Gasteiger partial charge on any atom is 0.200 e. The third-order valence-electron chi connectivity index (χ3n) is 6.05. The average Bonchev–Trinajstić information content (AvgIpc) is 2.82.